The van der Waals surface area contributed by atoms with Crippen LogP contribution in [0.25, 0.3) is 0 Å². The van der Waals surface area contributed by atoms with Gasteiger partial charge in [0.1, 0.15) is 6.61 Å². The lowest BCUT2D eigenvalue weighted by molar-refractivity contribution is -0.144. The molecule has 0 bridgehead atoms. The molecular formula is C13H17NO3S. The Hall–Kier alpha value is -1.49. The Morgan fingerprint density at radius 2 is 1.94 bits per heavy atom. The van der Waals surface area contributed by atoms with Gasteiger partial charge in [-0.05, 0) is 24.0 Å². The second-order valence-corrected chi connectivity index (χ2v) is 4.62. The Morgan fingerprint density at radius 1 is 1.28 bits per heavy atom. The van der Waals surface area contributed by atoms with Gasteiger partial charge in [0, 0.05) is 18.4 Å². The highest BCUT2D eigenvalue weighted by Gasteiger charge is 2.03. The predicted octanol–water partition coefficient (Wildman–Crippen LogP) is 1.98. The molecule has 1 amide bonds. The molecule has 0 aliphatic heterocycles. The van der Waals surface area contributed by atoms with E-state index >= 15 is 0 Å². The van der Waals surface area contributed by atoms with Crippen LogP contribution in [-0.2, 0) is 20.9 Å². The van der Waals surface area contributed by atoms with E-state index in [0.717, 1.165) is 5.56 Å². The number of benzene rings is 1. The molecule has 0 unspecified atom stereocenters. The molecule has 1 aromatic rings. The standard InChI is InChI=1S/C13H17NO3S/c1-10(15)14-8-7-13(16)17-9-11-3-5-12(18-2)6-4-11/h3-6H,7-9H2,1-2H3,(H,14,15). The first kappa shape index (κ1) is 14.6. The number of thioether (sulfide) groups is 1. The molecule has 1 aromatic carbocycles. The molecule has 0 aliphatic carbocycles. The van der Waals surface area contributed by atoms with Gasteiger partial charge >= 0.3 is 5.97 Å². The first-order valence-electron chi connectivity index (χ1n) is 5.65. The Kier molecular flexibility index (Phi) is 6.28. The number of hydrogen-bond donors (Lipinski definition) is 1. The van der Waals surface area contributed by atoms with Crippen LogP contribution in [0.3, 0.4) is 0 Å². The summed E-state index contributed by atoms with van der Waals surface area (Å²) in [5.74, 6) is -0.451. The van der Waals surface area contributed by atoms with E-state index in [0.29, 0.717) is 6.54 Å². The summed E-state index contributed by atoms with van der Waals surface area (Å²) in [5.41, 5.74) is 0.959. The minimum absolute atomic E-state index is 0.143. The van der Waals surface area contributed by atoms with E-state index in [-0.39, 0.29) is 24.9 Å². The summed E-state index contributed by atoms with van der Waals surface area (Å²) >= 11 is 1.67. The highest BCUT2D eigenvalue weighted by Crippen LogP contribution is 2.15. The van der Waals surface area contributed by atoms with Gasteiger partial charge in [0.25, 0.3) is 0 Å². The lowest BCUT2D eigenvalue weighted by Crippen LogP contribution is -2.23. The maximum Gasteiger partial charge on any atom is 0.307 e. The van der Waals surface area contributed by atoms with Gasteiger partial charge in [-0.2, -0.15) is 0 Å². The van der Waals surface area contributed by atoms with Crippen molar-refractivity contribution in [3.8, 4) is 0 Å². The molecule has 1 rings (SSSR count). The molecule has 18 heavy (non-hydrogen) atoms. The maximum atomic E-state index is 11.3. The van der Waals surface area contributed by atoms with Crippen LogP contribution in [0, 0.1) is 0 Å². The van der Waals surface area contributed by atoms with E-state index in [2.05, 4.69) is 5.32 Å². The van der Waals surface area contributed by atoms with Gasteiger partial charge in [-0.25, -0.2) is 0 Å². The molecule has 0 radical (unpaired) electrons. The van der Waals surface area contributed by atoms with Crippen LogP contribution in [0.5, 0.6) is 0 Å². The van der Waals surface area contributed by atoms with Crippen molar-refractivity contribution in [2.45, 2.75) is 24.8 Å². The van der Waals surface area contributed by atoms with Gasteiger partial charge in [0.05, 0.1) is 6.42 Å². The molecule has 1 N–H and O–H groups in total. The highest BCUT2D eigenvalue weighted by atomic mass is 32.2. The third-order valence-electron chi connectivity index (χ3n) is 2.26. The molecule has 5 heteroatoms. The number of hydrogen-bond acceptors (Lipinski definition) is 4. The van der Waals surface area contributed by atoms with Crippen LogP contribution in [0.4, 0.5) is 0 Å². The molecule has 0 spiro atoms. The van der Waals surface area contributed by atoms with Crippen LogP contribution in [0.15, 0.2) is 29.2 Å². The molecule has 4 nitrogen and oxygen atoms in total. The van der Waals surface area contributed by atoms with Crippen LogP contribution < -0.4 is 5.32 Å². The minimum Gasteiger partial charge on any atom is -0.461 e. The van der Waals surface area contributed by atoms with E-state index in [4.69, 9.17) is 4.74 Å². The summed E-state index contributed by atoms with van der Waals surface area (Å²) in [6.07, 6.45) is 2.21. The van der Waals surface area contributed by atoms with Crippen molar-refractivity contribution in [3.05, 3.63) is 29.8 Å². The lowest BCUT2D eigenvalue weighted by atomic mass is 10.2. The monoisotopic (exact) mass is 267 g/mol. The fourth-order valence-electron chi connectivity index (χ4n) is 1.30. The number of carbonyl (C=O) groups is 2. The maximum absolute atomic E-state index is 11.3. The van der Waals surface area contributed by atoms with E-state index in [9.17, 15) is 9.59 Å². The molecule has 0 heterocycles. The zero-order chi connectivity index (χ0) is 13.4. The van der Waals surface area contributed by atoms with Crippen molar-refractivity contribution in [1.29, 1.82) is 0 Å². The topological polar surface area (TPSA) is 55.4 Å². The highest BCUT2D eigenvalue weighted by molar-refractivity contribution is 7.98. The van der Waals surface area contributed by atoms with E-state index in [1.807, 2.05) is 30.5 Å². The van der Waals surface area contributed by atoms with Gasteiger partial charge in [-0.3, -0.25) is 9.59 Å². The zero-order valence-electron chi connectivity index (χ0n) is 10.6. The summed E-state index contributed by atoms with van der Waals surface area (Å²) in [7, 11) is 0. The summed E-state index contributed by atoms with van der Waals surface area (Å²) in [5, 5.41) is 2.55. The molecule has 0 saturated carbocycles. The average molecular weight is 267 g/mol. The molecule has 98 valence electrons. The van der Waals surface area contributed by atoms with Crippen molar-refractivity contribution in [1.82, 2.24) is 5.32 Å². The van der Waals surface area contributed by atoms with Crippen molar-refractivity contribution in [2.75, 3.05) is 12.8 Å². The lowest BCUT2D eigenvalue weighted by Gasteiger charge is -2.06. The zero-order valence-corrected chi connectivity index (χ0v) is 11.4. The van der Waals surface area contributed by atoms with Crippen LogP contribution >= 0.6 is 11.8 Å². The molecule has 0 saturated heterocycles. The first-order chi connectivity index (χ1) is 8.61. The Bertz CT molecular complexity index is 403. The van der Waals surface area contributed by atoms with Gasteiger partial charge < -0.3 is 10.1 Å². The normalized spacial score (nSPS) is 9.89. The third-order valence-corrected chi connectivity index (χ3v) is 3.01. The number of nitrogens with one attached hydrogen (secondary N) is 1. The van der Waals surface area contributed by atoms with Crippen molar-refractivity contribution >= 4 is 23.6 Å². The summed E-state index contributed by atoms with van der Waals surface area (Å²) < 4.78 is 5.09. The van der Waals surface area contributed by atoms with E-state index < -0.39 is 0 Å². The number of amides is 1. The second-order valence-electron chi connectivity index (χ2n) is 3.74. The Balaban J connectivity index is 2.26. The van der Waals surface area contributed by atoms with E-state index in [1.54, 1.807) is 11.8 Å². The summed E-state index contributed by atoms with van der Waals surface area (Å²) in [4.78, 5) is 23.1. The van der Waals surface area contributed by atoms with Crippen molar-refractivity contribution in [2.24, 2.45) is 0 Å². The molecule has 0 aromatic heterocycles. The fourth-order valence-corrected chi connectivity index (χ4v) is 1.71. The predicted molar refractivity (Wildman–Crippen MR) is 71.3 cm³/mol. The fraction of sp³-hybridized carbons (Fsp3) is 0.385. The van der Waals surface area contributed by atoms with Gasteiger partial charge in [0.15, 0.2) is 0 Å². The van der Waals surface area contributed by atoms with Crippen LogP contribution in [-0.4, -0.2) is 24.7 Å². The molecule has 0 fully saturated rings. The minimum atomic E-state index is -0.308. The van der Waals surface area contributed by atoms with Crippen LogP contribution in [0.1, 0.15) is 18.9 Å². The number of carbonyl (C=O) groups excluding carboxylic acids is 2. The molecular weight excluding hydrogens is 250 g/mol. The number of esters is 1. The van der Waals surface area contributed by atoms with Crippen molar-refractivity contribution < 1.29 is 14.3 Å². The quantitative estimate of drug-likeness (QED) is 0.632. The van der Waals surface area contributed by atoms with Crippen molar-refractivity contribution in [3.63, 3.8) is 0 Å². The smallest absolute Gasteiger partial charge is 0.307 e. The van der Waals surface area contributed by atoms with E-state index in [1.165, 1.54) is 11.8 Å². The molecule has 0 aliphatic rings. The largest absolute Gasteiger partial charge is 0.461 e. The average Bonchev–Trinajstić information content (AvgIpc) is 2.36. The Labute approximate surface area is 111 Å². The Morgan fingerprint density at radius 3 is 2.50 bits per heavy atom. The molecule has 0 atom stereocenters. The van der Waals surface area contributed by atoms with Gasteiger partial charge in [-0.1, -0.05) is 12.1 Å². The first-order valence-corrected chi connectivity index (χ1v) is 6.87. The summed E-state index contributed by atoms with van der Waals surface area (Å²) in [6, 6.07) is 7.86. The van der Waals surface area contributed by atoms with Crippen LogP contribution in [0.2, 0.25) is 0 Å². The number of rotatable bonds is 6. The SMILES string of the molecule is CSc1ccc(COC(=O)CCNC(C)=O)cc1. The summed E-state index contributed by atoms with van der Waals surface area (Å²) in [6.45, 7) is 2.01. The third kappa shape index (κ3) is 5.72. The second kappa shape index (κ2) is 7.76. The van der Waals surface area contributed by atoms with Gasteiger partial charge in [-0.15, -0.1) is 11.8 Å². The van der Waals surface area contributed by atoms with Gasteiger partial charge in [0.2, 0.25) is 5.91 Å². The number of ether oxygens (including phenoxy) is 1.